The van der Waals surface area contributed by atoms with Gasteiger partial charge >= 0.3 is 0 Å². The molecule has 1 heterocycles. The second-order valence-electron chi connectivity index (χ2n) is 5.24. The van der Waals surface area contributed by atoms with Gasteiger partial charge in [0, 0.05) is 17.8 Å². The predicted octanol–water partition coefficient (Wildman–Crippen LogP) is 3.20. The number of rotatable bonds is 3. The summed E-state index contributed by atoms with van der Waals surface area (Å²) in [7, 11) is 0. The van der Waals surface area contributed by atoms with Crippen LogP contribution in [0, 0.1) is 5.92 Å². The van der Waals surface area contributed by atoms with Crippen LogP contribution in [-0.4, -0.2) is 16.0 Å². The van der Waals surface area contributed by atoms with Gasteiger partial charge in [-0.15, -0.1) is 0 Å². The average Bonchev–Trinajstić information content (AvgIpc) is 2.64. The van der Waals surface area contributed by atoms with Gasteiger partial charge in [0.05, 0.1) is 0 Å². The molecule has 1 aliphatic carbocycles. The van der Waals surface area contributed by atoms with Crippen molar-refractivity contribution in [3.8, 4) is 0 Å². The highest BCUT2D eigenvalue weighted by Crippen LogP contribution is 2.27. The Labute approximate surface area is 97.7 Å². The second kappa shape index (κ2) is 4.81. The SMILES string of the molecule is CC1CCC(Nc2cc(C(C)C)ncn2)C1. The molecule has 88 valence electrons. The number of hydrogen-bond donors (Lipinski definition) is 1. The molecule has 2 rings (SSSR count). The minimum atomic E-state index is 0.464. The van der Waals surface area contributed by atoms with E-state index >= 15 is 0 Å². The first-order valence-corrected chi connectivity index (χ1v) is 6.23. The highest BCUT2D eigenvalue weighted by molar-refractivity contribution is 5.37. The Balaban J connectivity index is 2.01. The first-order valence-electron chi connectivity index (χ1n) is 6.23. The van der Waals surface area contributed by atoms with Gasteiger partial charge in [0.25, 0.3) is 0 Å². The summed E-state index contributed by atoms with van der Waals surface area (Å²) in [5, 5.41) is 3.52. The maximum absolute atomic E-state index is 4.29. The second-order valence-corrected chi connectivity index (χ2v) is 5.24. The van der Waals surface area contributed by atoms with Gasteiger partial charge in [0.2, 0.25) is 0 Å². The van der Waals surface area contributed by atoms with Crippen molar-refractivity contribution in [2.75, 3.05) is 5.32 Å². The average molecular weight is 219 g/mol. The molecule has 3 heteroatoms. The molecule has 1 N–H and O–H groups in total. The highest BCUT2D eigenvalue weighted by atomic mass is 15.0. The Morgan fingerprint density at radius 1 is 1.31 bits per heavy atom. The molecule has 2 unspecified atom stereocenters. The molecular weight excluding hydrogens is 198 g/mol. The van der Waals surface area contributed by atoms with Crippen molar-refractivity contribution in [2.45, 2.75) is 52.0 Å². The first kappa shape index (κ1) is 11.4. The molecule has 0 saturated heterocycles. The van der Waals surface area contributed by atoms with E-state index in [1.165, 1.54) is 19.3 Å². The van der Waals surface area contributed by atoms with Crippen LogP contribution in [0.3, 0.4) is 0 Å². The third-order valence-electron chi connectivity index (χ3n) is 3.33. The van der Waals surface area contributed by atoms with Crippen molar-refractivity contribution in [1.29, 1.82) is 0 Å². The number of hydrogen-bond acceptors (Lipinski definition) is 3. The molecule has 2 atom stereocenters. The van der Waals surface area contributed by atoms with E-state index in [0.29, 0.717) is 12.0 Å². The van der Waals surface area contributed by atoms with Crippen LogP contribution >= 0.6 is 0 Å². The van der Waals surface area contributed by atoms with E-state index in [2.05, 4.69) is 42.1 Å². The third-order valence-corrected chi connectivity index (χ3v) is 3.33. The number of aromatic nitrogens is 2. The largest absolute Gasteiger partial charge is 0.367 e. The van der Waals surface area contributed by atoms with E-state index < -0.39 is 0 Å². The molecule has 1 aromatic heterocycles. The molecule has 0 aliphatic heterocycles. The zero-order valence-corrected chi connectivity index (χ0v) is 10.4. The van der Waals surface area contributed by atoms with E-state index in [9.17, 15) is 0 Å². The summed E-state index contributed by atoms with van der Waals surface area (Å²) in [6, 6.07) is 2.68. The maximum Gasteiger partial charge on any atom is 0.129 e. The highest BCUT2D eigenvalue weighted by Gasteiger charge is 2.21. The van der Waals surface area contributed by atoms with Crippen molar-refractivity contribution in [1.82, 2.24) is 9.97 Å². The lowest BCUT2D eigenvalue weighted by Gasteiger charge is -2.14. The van der Waals surface area contributed by atoms with Gasteiger partial charge < -0.3 is 5.32 Å². The standard InChI is InChI=1S/C13H21N3/c1-9(2)12-7-13(15-8-14-12)16-11-5-4-10(3)6-11/h7-11H,4-6H2,1-3H3,(H,14,15,16). The maximum atomic E-state index is 4.29. The molecule has 0 spiro atoms. The summed E-state index contributed by atoms with van der Waals surface area (Å²) < 4.78 is 0. The zero-order valence-electron chi connectivity index (χ0n) is 10.4. The van der Waals surface area contributed by atoms with Gasteiger partial charge in [-0.05, 0) is 31.1 Å². The fourth-order valence-corrected chi connectivity index (χ4v) is 2.31. The lowest BCUT2D eigenvalue weighted by atomic mass is 10.1. The van der Waals surface area contributed by atoms with E-state index in [0.717, 1.165) is 17.4 Å². The van der Waals surface area contributed by atoms with Crippen LogP contribution in [0.15, 0.2) is 12.4 Å². The van der Waals surface area contributed by atoms with Crippen LogP contribution in [0.5, 0.6) is 0 Å². The normalized spacial score (nSPS) is 25.0. The fourth-order valence-electron chi connectivity index (χ4n) is 2.31. The molecular formula is C13H21N3. The van der Waals surface area contributed by atoms with Crippen LogP contribution in [0.4, 0.5) is 5.82 Å². The molecule has 0 aromatic carbocycles. The molecule has 0 bridgehead atoms. The third kappa shape index (κ3) is 2.71. The minimum absolute atomic E-state index is 0.464. The lowest BCUT2D eigenvalue weighted by Crippen LogP contribution is -2.16. The van der Waals surface area contributed by atoms with Gasteiger partial charge in [0.15, 0.2) is 0 Å². The summed E-state index contributed by atoms with van der Waals surface area (Å²) in [4.78, 5) is 8.57. The Bertz CT molecular complexity index is 349. The fraction of sp³-hybridized carbons (Fsp3) is 0.692. The van der Waals surface area contributed by atoms with Crippen LogP contribution in [0.2, 0.25) is 0 Å². The topological polar surface area (TPSA) is 37.8 Å². The van der Waals surface area contributed by atoms with Gasteiger partial charge in [-0.1, -0.05) is 20.8 Å². The number of anilines is 1. The van der Waals surface area contributed by atoms with Crippen molar-refractivity contribution >= 4 is 5.82 Å². The summed E-state index contributed by atoms with van der Waals surface area (Å²) in [5.41, 5.74) is 1.11. The van der Waals surface area contributed by atoms with E-state index in [4.69, 9.17) is 0 Å². The first-order chi connectivity index (χ1) is 7.65. The molecule has 1 aliphatic rings. The number of nitrogens with zero attached hydrogens (tertiary/aromatic N) is 2. The molecule has 1 fully saturated rings. The quantitative estimate of drug-likeness (QED) is 0.848. The summed E-state index contributed by atoms with van der Waals surface area (Å²) >= 11 is 0. The smallest absolute Gasteiger partial charge is 0.129 e. The van der Waals surface area contributed by atoms with Gasteiger partial charge in [-0.25, -0.2) is 9.97 Å². The molecule has 16 heavy (non-hydrogen) atoms. The van der Waals surface area contributed by atoms with Gasteiger partial charge in [-0.3, -0.25) is 0 Å². The molecule has 1 aromatic rings. The Morgan fingerprint density at radius 3 is 2.75 bits per heavy atom. The molecule has 0 radical (unpaired) electrons. The van der Waals surface area contributed by atoms with Crippen LogP contribution in [0.1, 0.15) is 51.6 Å². The molecule has 3 nitrogen and oxygen atoms in total. The zero-order chi connectivity index (χ0) is 11.5. The molecule has 0 amide bonds. The summed E-state index contributed by atoms with van der Waals surface area (Å²) in [6.45, 7) is 6.63. The van der Waals surface area contributed by atoms with E-state index in [1.54, 1.807) is 6.33 Å². The van der Waals surface area contributed by atoms with Crippen LogP contribution in [0.25, 0.3) is 0 Å². The van der Waals surface area contributed by atoms with Crippen molar-refractivity contribution < 1.29 is 0 Å². The van der Waals surface area contributed by atoms with Crippen LogP contribution < -0.4 is 5.32 Å². The predicted molar refractivity (Wildman–Crippen MR) is 66.5 cm³/mol. The Morgan fingerprint density at radius 2 is 2.12 bits per heavy atom. The summed E-state index contributed by atoms with van der Waals surface area (Å²) in [5.74, 6) is 2.30. The monoisotopic (exact) mass is 219 g/mol. The molecule has 1 saturated carbocycles. The Hall–Kier alpha value is -1.12. The number of nitrogens with one attached hydrogen (secondary N) is 1. The van der Waals surface area contributed by atoms with Crippen LogP contribution in [-0.2, 0) is 0 Å². The van der Waals surface area contributed by atoms with E-state index in [-0.39, 0.29) is 0 Å². The Kier molecular flexibility index (Phi) is 3.42. The van der Waals surface area contributed by atoms with E-state index in [1.807, 2.05) is 0 Å². The lowest BCUT2D eigenvalue weighted by molar-refractivity contribution is 0.602. The van der Waals surface area contributed by atoms with Crippen molar-refractivity contribution in [2.24, 2.45) is 5.92 Å². The minimum Gasteiger partial charge on any atom is -0.367 e. The summed E-state index contributed by atoms with van der Waals surface area (Å²) in [6.07, 6.45) is 5.53. The van der Waals surface area contributed by atoms with Gasteiger partial charge in [-0.2, -0.15) is 0 Å². The van der Waals surface area contributed by atoms with Crippen molar-refractivity contribution in [3.63, 3.8) is 0 Å². The van der Waals surface area contributed by atoms with Crippen molar-refractivity contribution in [3.05, 3.63) is 18.1 Å². The van der Waals surface area contributed by atoms with Gasteiger partial charge in [0.1, 0.15) is 12.1 Å².